The van der Waals surface area contributed by atoms with Crippen molar-refractivity contribution in [2.45, 2.75) is 57.7 Å². The average Bonchev–Trinajstić information content (AvgIpc) is 3.15. The maximum atomic E-state index is 14.6. The van der Waals surface area contributed by atoms with Gasteiger partial charge in [0.05, 0.1) is 0 Å². The van der Waals surface area contributed by atoms with E-state index in [1.807, 2.05) is 13.8 Å². The van der Waals surface area contributed by atoms with Crippen molar-refractivity contribution in [1.29, 1.82) is 0 Å². The van der Waals surface area contributed by atoms with Gasteiger partial charge in [0.15, 0.2) is 11.5 Å². The van der Waals surface area contributed by atoms with Crippen LogP contribution in [0.25, 0.3) is 0 Å². The zero-order chi connectivity index (χ0) is 19.3. The molecular formula is C17H25FN6O3. The summed E-state index contributed by atoms with van der Waals surface area (Å²) in [5, 5.41) is 3.87. The summed E-state index contributed by atoms with van der Waals surface area (Å²) in [5.74, 6) is 0.0782. The number of piperidine rings is 1. The molecule has 1 aromatic rings. The lowest BCUT2D eigenvalue weighted by molar-refractivity contribution is 0.203. The first-order valence-corrected chi connectivity index (χ1v) is 9.59. The van der Waals surface area contributed by atoms with E-state index in [-0.39, 0.29) is 24.2 Å². The summed E-state index contributed by atoms with van der Waals surface area (Å²) in [7, 11) is 0. The Morgan fingerprint density at radius 1 is 1.19 bits per heavy atom. The van der Waals surface area contributed by atoms with Gasteiger partial charge in [-0.2, -0.15) is 9.69 Å². The van der Waals surface area contributed by atoms with E-state index < -0.39 is 17.3 Å². The number of amides is 1. The SMILES string of the molecule is CCN(CC)C(=O)n1c2c(c(=O)[nH]c1=O)N(F)CN2C1CC2CCC(C1)N2. The van der Waals surface area contributed by atoms with Gasteiger partial charge in [0, 0.05) is 31.2 Å². The smallest absolute Gasteiger partial charge is 0.332 e. The van der Waals surface area contributed by atoms with Gasteiger partial charge in [0.25, 0.3) is 5.56 Å². The Morgan fingerprint density at radius 2 is 1.81 bits per heavy atom. The minimum atomic E-state index is -0.826. The van der Waals surface area contributed by atoms with Crippen LogP contribution in [0.4, 0.5) is 20.8 Å². The number of nitrogens with one attached hydrogen (secondary N) is 2. The number of halogens is 1. The number of fused-ring (bicyclic) bond motifs is 3. The van der Waals surface area contributed by atoms with Crippen molar-refractivity contribution in [2.24, 2.45) is 0 Å². The van der Waals surface area contributed by atoms with Crippen molar-refractivity contribution in [3.8, 4) is 0 Å². The standard InChI is InChI=1S/C17H25FN6O3/c1-3-21(4-2)17(27)24-15-13(14(25)20-16(24)26)23(18)9-22(15)12-7-10-5-6-11(8-12)19-10/h10-12,19H,3-9H2,1-2H3,(H,20,25,26). The van der Waals surface area contributed by atoms with Gasteiger partial charge in [-0.1, -0.05) is 4.48 Å². The van der Waals surface area contributed by atoms with Crippen molar-refractivity contribution in [2.75, 3.05) is 29.8 Å². The predicted octanol–water partition coefficient (Wildman–Crippen LogP) is 0.598. The van der Waals surface area contributed by atoms with E-state index in [4.69, 9.17) is 0 Å². The quantitative estimate of drug-likeness (QED) is 0.746. The highest BCUT2D eigenvalue weighted by Crippen LogP contribution is 2.38. The molecule has 2 bridgehead atoms. The highest BCUT2D eigenvalue weighted by atomic mass is 19.2. The summed E-state index contributed by atoms with van der Waals surface area (Å²) in [6, 6.07) is 0.132. The third kappa shape index (κ3) is 2.82. The number of carbonyl (C=O) groups is 1. The monoisotopic (exact) mass is 380 g/mol. The van der Waals surface area contributed by atoms with Crippen LogP contribution in [-0.2, 0) is 0 Å². The van der Waals surface area contributed by atoms with Crippen LogP contribution in [0, 0.1) is 0 Å². The van der Waals surface area contributed by atoms with Crippen LogP contribution in [0.2, 0.25) is 0 Å². The first kappa shape index (κ1) is 18.0. The molecule has 2 saturated heterocycles. The summed E-state index contributed by atoms with van der Waals surface area (Å²) in [4.78, 5) is 43.1. The summed E-state index contributed by atoms with van der Waals surface area (Å²) in [5.41, 5.74) is -1.89. The van der Waals surface area contributed by atoms with Crippen molar-refractivity contribution < 1.29 is 9.28 Å². The van der Waals surface area contributed by atoms with Gasteiger partial charge in [-0.25, -0.2) is 9.59 Å². The third-order valence-corrected chi connectivity index (χ3v) is 5.97. The Labute approximate surface area is 155 Å². The Kier molecular flexibility index (Phi) is 4.45. The number of rotatable bonds is 3. The van der Waals surface area contributed by atoms with Gasteiger partial charge in [-0.15, -0.1) is 0 Å². The number of nitrogens with zero attached hydrogens (tertiary/aromatic N) is 4. The largest absolute Gasteiger partial charge is 0.338 e. The summed E-state index contributed by atoms with van der Waals surface area (Å²) < 4.78 is 15.6. The first-order valence-electron chi connectivity index (χ1n) is 9.59. The molecule has 148 valence electrons. The molecule has 1 aromatic heterocycles. The molecule has 0 saturated carbocycles. The molecule has 4 rings (SSSR count). The van der Waals surface area contributed by atoms with Crippen LogP contribution in [0.15, 0.2) is 9.59 Å². The van der Waals surface area contributed by atoms with E-state index in [1.54, 1.807) is 4.90 Å². The number of aromatic nitrogens is 2. The molecule has 3 aliphatic heterocycles. The Bertz CT molecular complexity index is 851. The van der Waals surface area contributed by atoms with Crippen molar-refractivity contribution >= 4 is 17.5 Å². The zero-order valence-corrected chi connectivity index (χ0v) is 15.6. The van der Waals surface area contributed by atoms with Gasteiger partial charge in [-0.05, 0) is 39.5 Å². The molecule has 0 aromatic carbocycles. The second-order valence-corrected chi connectivity index (χ2v) is 7.46. The molecule has 2 fully saturated rings. The van der Waals surface area contributed by atoms with Crippen LogP contribution < -0.4 is 26.6 Å². The fourth-order valence-corrected chi connectivity index (χ4v) is 4.65. The maximum absolute atomic E-state index is 14.6. The molecule has 9 nitrogen and oxygen atoms in total. The molecule has 27 heavy (non-hydrogen) atoms. The number of anilines is 2. The molecule has 3 aliphatic rings. The molecule has 0 radical (unpaired) electrons. The minimum Gasteiger partial charge on any atom is -0.332 e. The summed E-state index contributed by atoms with van der Waals surface area (Å²) in [6.45, 7) is 4.28. The van der Waals surface area contributed by atoms with E-state index in [2.05, 4.69) is 10.3 Å². The molecule has 0 aliphatic carbocycles. The topological polar surface area (TPSA) is 93.7 Å². The number of hydrogen-bond donors (Lipinski definition) is 2. The van der Waals surface area contributed by atoms with E-state index in [0.717, 1.165) is 30.3 Å². The normalized spacial score (nSPS) is 26.4. The molecule has 4 heterocycles. The number of hydrogen-bond acceptors (Lipinski definition) is 6. The molecule has 2 atom stereocenters. The Balaban J connectivity index is 1.82. The fourth-order valence-electron chi connectivity index (χ4n) is 4.65. The summed E-state index contributed by atoms with van der Waals surface area (Å²) >= 11 is 0. The maximum Gasteiger partial charge on any atom is 0.338 e. The van der Waals surface area contributed by atoms with Crippen LogP contribution in [-0.4, -0.2) is 58.4 Å². The predicted molar refractivity (Wildman–Crippen MR) is 98.9 cm³/mol. The highest BCUT2D eigenvalue weighted by molar-refractivity contribution is 5.85. The number of aromatic amines is 1. The van der Waals surface area contributed by atoms with E-state index in [0.29, 0.717) is 30.3 Å². The molecule has 1 amide bonds. The second-order valence-electron chi connectivity index (χ2n) is 7.46. The molecule has 2 unspecified atom stereocenters. The van der Waals surface area contributed by atoms with Gasteiger partial charge in [-0.3, -0.25) is 9.78 Å². The van der Waals surface area contributed by atoms with Gasteiger partial charge in [0.2, 0.25) is 0 Å². The lowest BCUT2D eigenvalue weighted by Crippen LogP contribution is -2.51. The minimum absolute atomic E-state index is 0.0276. The van der Waals surface area contributed by atoms with Crippen LogP contribution in [0.5, 0.6) is 0 Å². The second kappa shape index (κ2) is 6.66. The van der Waals surface area contributed by atoms with E-state index >= 15 is 0 Å². The highest BCUT2D eigenvalue weighted by Gasteiger charge is 2.43. The van der Waals surface area contributed by atoms with Crippen LogP contribution in [0.1, 0.15) is 39.5 Å². The molecule has 10 heteroatoms. The van der Waals surface area contributed by atoms with Crippen molar-refractivity contribution in [3.63, 3.8) is 0 Å². The molecule has 2 N–H and O–H groups in total. The third-order valence-electron chi connectivity index (χ3n) is 5.97. The average molecular weight is 380 g/mol. The van der Waals surface area contributed by atoms with Gasteiger partial charge < -0.3 is 15.1 Å². The lowest BCUT2D eigenvalue weighted by atomic mass is 9.98. The fraction of sp³-hybridized carbons (Fsp3) is 0.706. The van der Waals surface area contributed by atoms with Crippen LogP contribution >= 0.6 is 0 Å². The van der Waals surface area contributed by atoms with Gasteiger partial charge >= 0.3 is 11.7 Å². The summed E-state index contributed by atoms with van der Waals surface area (Å²) in [6.07, 6.45) is 3.73. The van der Waals surface area contributed by atoms with E-state index in [1.165, 1.54) is 4.90 Å². The number of carbonyl (C=O) groups excluding carboxylic acids is 1. The Hall–Kier alpha value is -2.36. The Morgan fingerprint density at radius 3 is 2.41 bits per heavy atom. The van der Waals surface area contributed by atoms with Gasteiger partial charge in [0.1, 0.15) is 6.67 Å². The first-order chi connectivity index (χ1) is 12.9. The van der Waals surface area contributed by atoms with Crippen LogP contribution in [0.3, 0.4) is 0 Å². The zero-order valence-electron chi connectivity index (χ0n) is 15.6. The molecular weight excluding hydrogens is 355 g/mol. The van der Waals surface area contributed by atoms with E-state index in [9.17, 15) is 18.9 Å². The van der Waals surface area contributed by atoms with Crippen molar-refractivity contribution in [3.05, 3.63) is 20.8 Å². The molecule has 0 spiro atoms. The van der Waals surface area contributed by atoms with Crippen molar-refractivity contribution in [1.82, 2.24) is 19.8 Å². The lowest BCUT2D eigenvalue weighted by Gasteiger charge is -2.37. The number of H-pyrrole nitrogens is 1.